The summed E-state index contributed by atoms with van der Waals surface area (Å²) in [5.74, 6) is 0.795. The van der Waals surface area contributed by atoms with E-state index in [9.17, 15) is 5.11 Å². The molecule has 1 unspecified atom stereocenters. The summed E-state index contributed by atoms with van der Waals surface area (Å²) < 4.78 is 10.0. The zero-order valence-electron chi connectivity index (χ0n) is 14.8. The quantitative estimate of drug-likeness (QED) is 0.814. The molecular formula is C18H25N5O2S. The Labute approximate surface area is 157 Å². The molecule has 0 spiro atoms. The van der Waals surface area contributed by atoms with Gasteiger partial charge in [-0.1, -0.05) is 30.3 Å². The summed E-state index contributed by atoms with van der Waals surface area (Å²) in [6.45, 7) is 6.70. The van der Waals surface area contributed by atoms with E-state index in [4.69, 9.17) is 9.72 Å². The van der Waals surface area contributed by atoms with Gasteiger partial charge in [-0.3, -0.25) is 4.90 Å². The maximum absolute atomic E-state index is 10.8. The van der Waals surface area contributed by atoms with E-state index in [0.717, 1.165) is 49.2 Å². The van der Waals surface area contributed by atoms with Gasteiger partial charge in [-0.25, -0.2) is 0 Å². The van der Waals surface area contributed by atoms with E-state index in [1.807, 2.05) is 30.3 Å². The number of rotatable bonds is 4. The van der Waals surface area contributed by atoms with Crippen LogP contribution in [-0.4, -0.2) is 84.0 Å². The number of β-amino-alcohol motifs (C(OH)–C–C–N with tert-alkyl or cyclic N) is 1. The molecule has 140 valence electrons. The lowest BCUT2D eigenvalue weighted by Crippen LogP contribution is -2.56. The van der Waals surface area contributed by atoms with E-state index in [2.05, 4.69) is 19.5 Å². The molecule has 8 heteroatoms. The Balaban J connectivity index is 1.33. The van der Waals surface area contributed by atoms with Crippen LogP contribution in [-0.2, 0) is 4.74 Å². The molecule has 1 aromatic heterocycles. The number of nitrogens with zero attached hydrogens (tertiary/aromatic N) is 4. The lowest BCUT2D eigenvalue weighted by Gasteiger charge is -2.38. The standard InChI is InChI=1S/C18H25N5O2S/c24-18(12-19-6-11-25-14-18)13-22-7-9-23(10-8-22)17-20-16(21-26-17)15-4-2-1-3-5-15/h1-5,19,24H,6-14H2. The van der Waals surface area contributed by atoms with Crippen molar-refractivity contribution in [3.05, 3.63) is 30.3 Å². The van der Waals surface area contributed by atoms with Crippen LogP contribution < -0.4 is 10.2 Å². The van der Waals surface area contributed by atoms with E-state index in [1.54, 1.807) is 0 Å². The second-order valence-corrected chi connectivity index (χ2v) is 7.71. The molecule has 1 aromatic carbocycles. The summed E-state index contributed by atoms with van der Waals surface area (Å²) >= 11 is 1.46. The molecule has 7 nitrogen and oxygen atoms in total. The summed E-state index contributed by atoms with van der Waals surface area (Å²) in [6, 6.07) is 10.1. The smallest absolute Gasteiger partial charge is 0.205 e. The number of aromatic nitrogens is 2. The highest BCUT2D eigenvalue weighted by Gasteiger charge is 2.32. The van der Waals surface area contributed by atoms with Gasteiger partial charge in [-0.2, -0.15) is 9.36 Å². The van der Waals surface area contributed by atoms with Gasteiger partial charge in [-0.05, 0) is 0 Å². The second kappa shape index (κ2) is 7.98. The summed E-state index contributed by atoms with van der Waals surface area (Å²) in [7, 11) is 0. The van der Waals surface area contributed by atoms with Crippen molar-refractivity contribution in [2.24, 2.45) is 0 Å². The lowest BCUT2D eigenvalue weighted by atomic mass is 10.0. The molecule has 2 N–H and O–H groups in total. The minimum Gasteiger partial charge on any atom is -0.385 e. The fraction of sp³-hybridized carbons (Fsp3) is 0.556. The van der Waals surface area contributed by atoms with Gasteiger partial charge in [0.2, 0.25) is 5.13 Å². The Morgan fingerprint density at radius 2 is 2.00 bits per heavy atom. The van der Waals surface area contributed by atoms with Crippen molar-refractivity contribution in [3.8, 4) is 11.4 Å². The molecule has 0 aliphatic carbocycles. The topological polar surface area (TPSA) is 73.8 Å². The van der Waals surface area contributed by atoms with Crippen molar-refractivity contribution < 1.29 is 9.84 Å². The third kappa shape index (κ3) is 4.21. The zero-order chi connectivity index (χ0) is 17.8. The average Bonchev–Trinajstić information content (AvgIpc) is 3.07. The number of piperazine rings is 1. The molecule has 0 radical (unpaired) electrons. The van der Waals surface area contributed by atoms with Crippen molar-refractivity contribution in [2.45, 2.75) is 5.60 Å². The van der Waals surface area contributed by atoms with Crippen LogP contribution in [0.15, 0.2) is 30.3 Å². The van der Waals surface area contributed by atoms with Gasteiger partial charge in [0.1, 0.15) is 5.60 Å². The van der Waals surface area contributed by atoms with Crippen LogP contribution in [0.1, 0.15) is 0 Å². The number of hydrogen-bond donors (Lipinski definition) is 2. The molecule has 3 heterocycles. The number of hydrogen-bond acceptors (Lipinski definition) is 8. The largest absolute Gasteiger partial charge is 0.385 e. The van der Waals surface area contributed by atoms with Crippen molar-refractivity contribution in [3.63, 3.8) is 0 Å². The van der Waals surface area contributed by atoms with Crippen LogP contribution in [0.3, 0.4) is 0 Å². The second-order valence-electron chi connectivity index (χ2n) is 6.98. The maximum Gasteiger partial charge on any atom is 0.205 e. The molecule has 0 saturated carbocycles. The molecule has 2 saturated heterocycles. The summed E-state index contributed by atoms with van der Waals surface area (Å²) in [5.41, 5.74) is 0.249. The van der Waals surface area contributed by atoms with Crippen LogP contribution in [0.25, 0.3) is 11.4 Å². The van der Waals surface area contributed by atoms with Crippen LogP contribution in [0, 0.1) is 0 Å². The van der Waals surface area contributed by atoms with Crippen molar-refractivity contribution in [2.75, 3.05) is 63.9 Å². The van der Waals surface area contributed by atoms with Gasteiger partial charge in [0.05, 0.1) is 13.2 Å². The fourth-order valence-electron chi connectivity index (χ4n) is 3.44. The number of ether oxygens (including phenoxy) is 1. The normalized spacial score (nSPS) is 25.2. The van der Waals surface area contributed by atoms with Crippen molar-refractivity contribution in [1.82, 2.24) is 19.6 Å². The third-order valence-electron chi connectivity index (χ3n) is 4.86. The zero-order valence-corrected chi connectivity index (χ0v) is 15.6. The number of aliphatic hydroxyl groups is 1. The van der Waals surface area contributed by atoms with E-state index in [0.29, 0.717) is 26.3 Å². The first kappa shape index (κ1) is 17.8. The molecule has 2 aromatic rings. The van der Waals surface area contributed by atoms with Crippen molar-refractivity contribution in [1.29, 1.82) is 0 Å². The van der Waals surface area contributed by atoms with Crippen LogP contribution in [0.5, 0.6) is 0 Å². The molecule has 0 bridgehead atoms. The molecule has 2 fully saturated rings. The minimum atomic E-state index is -0.804. The molecule has 4 rings (SSSR count). The van der Waals surface area contributed by atoms with Gasteiger partial charge < -0.3 is 20.1 Å². The number of anilines is 1. The van der Waals surface area contributed by atoms with E-state index < -0.39 is 5.60 Å². The molecule has 1 atom stereocenters. The van der Waals surface area contributed by atoms with Gasteiger partial charge >= 0.3 is 0 Å². The third-order valence-corrected chi connectivity index (χ3v) is 5.63. The highest BCUT2D eigenvalue weighted by molar-refractivity contribution is 7.09. The molecule has 2 aliphatic heterocycles. The Hall–Kier alpha value is -1.58. The van der Waals surface area contributed by atoms with E-state index in [1.165, 1.54) is 11.5 Å². The monoisotopic (exact) mass is 375 g/mol. The Morgan fingerprint density at radius 1 is 1.19 bits per heavy atom. The van der Waals surface area contributed by atoms with Crippen LogP contribution in [0.4, 0.5) is 5.13 Å². The average molecular weight is 375 g/mol. The van der Waals surface area contributed by atoms with Gasteiger partial charge in [-0.15, -0.1) is 0 Å². The lowest BCUT2D eigenvalue weighted by molar-refractivity contribution is -0.0495. The van der Waals surface area contributed by atoms with Gasteiger partial charge in [0.15, 0.2) is 5.82 Å². The van der Waals surface area contributed by atoms with Crippen LogP contribution in [0.2, 0.25) is 0 Å². The highest BCUT2D eigenvalue weighted by Crippen LogP contribution is 2.25. The first-order valence-electron chi connectivity index (χ1n) is 9.09. The predicted molar refractivity (Wildman–Crippen MR) is 103 cm³/mol. The Morgan fingerprint density at radius 3 is 2.81 bits per heavy atom. The Bertz CT molecular complexity index is 695. The molecule has 26 heavy (non-hydrogen) atoms. The maximum atomic E-state index is 10.8. The van der Waals surface area contributed by atoms with Crippen molar-refractivity contribution >= 4 is 16.7 Å². The summed E-state index contributed by atoms with van der Waals surface area (Å²) in [6.07, 6.45) is 0. The molecular weight excluding hydrogens is 350 g/mol. The van der Waals surface area contributed by atoms with E-state index in [-0.39, 0.29) is 0 Å². The van der Waals surface area contributed by atoms with E-state index >= 15 is 0 Å². The fourth-order valence-corrected chi connectivity index (χ4v) is 4.18. The first-order chi connectivity index (χ1) is 12.7. The first-order valence-corrected chi connectivity index (χ1v) is 9.87. The molecule has 2 aliphatic rings. The van der Waals surface area contributed by atoms with Crippen LogP contribution >= 0.6 is 11.5 Å². The predicted octanol–water partition coefficient (Wildman–Crippen LogP) is 0.678. The van der Waals surface area contributed by atoms with Gasteiger partial charge in [0, 0.05) is 62.9 Å². The Kier molecular flexibility index (Phi) is 5.46. The number of nitrogens with one attached hydrogen (secondary N) is 1. The number of benzene rings is 1. The SMILES string of the molecule is OC1(CN2CCN(c3nc(-c4ccccc4)ns3)CC2)CNCCOC1. The highest BCUT2D eigenvalue weighted by atomic mass is 32.1. The minimum absolute atomic E-state index is 0.400. The van der Waals surface area contributed by atoms with Gasteiger partial charge in [0.25, 0.3) is 0 Å². The summed E-state index contributed by atoms with van der Waals surface area (Å²) in [5, 5.41) is 15.0. The molecule has 0 amide bonds. The summed E-state index contributed by atoms with van der Waals surface area (Å²) in [4.78, 5) is 9.30.